The van der Waals surface area contributed by atoms with E-state index in [0.717, 1.165) is 25.1 Å². The van der Waals surface area contributed by atoms with Gasteiger partial charge in [-0.3, -0.25) is 0 Å². The molecule has 2 heteroatoms. The van der Waals surface area contributed by atoms with Gasteiger partial charge in [-0.1, -0.05) is 24.6 Å². The molecule has 1 nitrogen and oxygen atoms in total. The normalized spacial score (nSPS) is 22.3. The Morgan fingerprint density at radius 2 is 2.13 bits per heavy atom. The molecule has 1 aliphatic heterocycles. The van der Waals surface area contributed by atoms with Crippen molar-refractivity contribution in [1.29, 1.82) is 0 Å². The monoisotopic (exact) mass is 207 g/mol. The average molecular weight is 207 g/mol. The third-order valence-electron chi connectivity index (χ3n) is 3.12. The van der Waals surface area contributed by atoms with Crippen LogP contribution in [0.1, 0.15) is 24.8 Å². The molecule has 1 N–H and O–H groups in total. The molecular weight excluding hydrogens is 189 g/mol. The highest BCUT2D eigenvalue weighted by molar-refractivity contribution is 5.17. The van der Waals surface area contributed by atoms with Crippen LogP contribution in [0.4, 0.5) is 4.39 Å². The van der Waals surface area contributed by atoms with Crippen molar-refractivity contribution in [2.24, 2.45) is 5.92 Å². The predicted octanol–water partition coefficient (Wildman–Crippen LogP) is 2.76. The molecule has 1 aliphatic rings. The molecule has 15 heavy (non-hydrogen) atoms. The van der Waals surface area contributed by atoms with Gasteiger partial charge in [0, 0.05) is 0 Å². The number of halogens is 1. The van der Waals surface area contributed by atoms with Gasteiger partial charge < -0.3 is 5.32 Å². The molecule has 1 aromatic carbocycles. The lowest BCUT2D eigenvalue weighted by atomic mass is 9.95. The maximum atomic E-state index is 13.4. The highest BCUT2D eigenvalue weighted by atomic mass is 19.1. The fourth-order valence-corrected chi connectivity index (χ4v) is 2.24. The zero-order valence-corrected chi connectivity index (χ0v) is 9.01. The first-order valence-corrected chi connectivity index (χ1v) is 5.80. The van der Waals surface area contributed by atoms with Crippen LogP contribution in [0.25, 0.3) is 0 Å². The average Bonchev–Trinajstić information content (AvgIpc) is 2.50. The Morgan fingerprint density at radius 1 is 1.27 bits per heavy atom. The van der Waals surface area contributed by atoms with Gasteiger partial charge in [0.2, 0.25) is 0 Å². The zero-order valence-electron chi connectivity index (χ0n) is 9.01. The zero-order chi connectivity index (χ0) is 10.5. The molecule has 0 radical (unpaired) electrons. The van der Waals surface area contributed by atoms with Crippen LogP contribution in [0.3, 0.4) is 0 Å². The fraction of sp³-hybridized carbons (Fsp3) is 0.538. The minimum absolute atomic E-state index is 0.0539. The molecular formula is C13H18FN. The molecule has 0 amide bonds. The first-order valence-electron chi connectivity index (χ1n) is 5.80. The van der Waals surface area contributed by atoms with Crippen LogP contribution in [-0.2, 0) is 6.42 Å². The molecule has 82 valence electrons. The SMILES string of the molecule is Fc1ccccc1CC1CCCCNC1. The van der Waals surface area contributed by atoms with Crippen LogP contribution in [0.15, 0.2) is 24.3 Å². The smallest absolute Gasteiger partial charge is 0.126 e. The van der Waals surface area contributed by atoms with Crippen molar-refractivity contribution in [2.45, 2.75) is 25.7 Å². The van der Waals surface area contributed by atoms with Crippen molar-refractivity contribution in [2.75, 3.05) is 13.1 Å². The van der Waals surface area contributed by atoms with E-state index in [4.69, 9.17) is 0 Å². The summed E-state index contributed by atoms with van der Waals surface area (Å²) in [4.78, 5) is 0. The lowest BCUT2D eigenvalue weighted by Gasteiger charge is -2.14. The third-order valence-corrected chi connectivity index (χ3v) is 3.12. The van der Waals surface area contributed by atoms with Gasteiger partial charge in [-0.2, -0.15) is 0 Å². The molecule has 1 aromatic rings. The van der Waals surface area contributed by atoms with Crippen LogP contribution in [0, 0.1) is 11.7 Å². The topological polar surface area (TPSA) is 12.0 Å². The van der Waals surface area contributed by atoms with Crippen molar-refractivity contribution >= 4 is 0 Å². The minimum Gasteiger partial charge on any atom is -0.316 e. The van der Waals surface area contributed by atoms with Gasteiger partial charge in [-0.25, -0.2) is 4.39 Å². The number of benzene rings is 1. The highest BCUT2D eigenvalue weighted by Gasteiger charge is 2.13. The van der Waals surface area contributed by atoms with Gasteiger partial charge in [0.1, 0.15) is 5.82 Å². The summed E-state index contributed by atoms with van der Waals surface area (Å²) >= 11 is 0. The van der Waals surface area contributed by atoms with E-state index in [9.17, 15) is 4.39 Å². The quantitative estimate of drug-likeness (QED) is 0.786. The van der Waals surface area contributed by atoms with Gasteiger partial charge in [0.15, 0.2) is 0 Å². The van der Waals surface area contributed by atoms with Crippen LogP contribution >= 0.6 is 0 Å². The summed E-state index contributed by atoms with van der Waals surface area (Å²) in [5, 5.41) is 3.41. The molecule has 1 unspecified atom stereocenters. The molecule has 1 heterocycles. The minimum atomic E-state index is -0.0539. The molecule has 0 bridgehead atoms. The predicted molar refractivity (Wildman–Crippen MR) is 60.3 cm³/mol. The summed E-state index contributed by atoms with van der Waals surface area (Å²) in [5.41, 5.74) is 0.867. The Kier molecular flexibility index (Phi) is 3.73. The number of hydrogen-bond donors (Lipinski definition) is 1. The molecule has 0 aliphatic carbocycles. The van der Waals surface area contributed by atoms with E-state index in [2.05, 4.69) is 5.32 Å². The molecule has 1 fully saturated rings. The number of nitrogens with one attached hydrogen (secondary N) is 1. The maximum absolute atomic E-state index is 13.4. The maximum Gasteiger partial charge on any atom is 0.126 e. The van der Waals surface area contributed by atoms with Gasteiger partial charge in [0.05, 0.1) is 0 Å². The Hall–Kier alpha value is -0.890. The van der Waals surface area contributed by atoms with Gasteiger partial charge in [-0.15, -0.1) is 0 Å². The summed E-state index contributed by atoms with van der Waals surface area (Å²) in [6, 6.07) is 7.13. The van der Waals surface area contributed by atoms with Crippen molar-refractivity contribution in [1.82, 2.24) is 5.32 Å². The first kappa shape index (κ1) is 10.6. The Bertz CT molecular complexity index is 303. The largest absolute Gasteiger partial charge is 0.316 e. The second-order valence-corrected chi connectivity index (χ2v) is 4.36. The summed E-state index contributed by atoms with van der Waals surface area (Å²) in [5.74, 6) is 0.547. The van der Waals surface area contributed by atoms with E-state index in [1.54, 1.807) is 12.1 Å². The lowest BCUT2D eigenvalue weighted by molar-refractivity contribution is 0.466. The molecule has 0 saturated carbocycles. The van der Waals surface area contributed by atoms with Crippen molar-refractivity contribution in [3.63, 3.8) is 0 Å². The van der Waals surface area contributed by atoms with Gasteiger partial charge in [0.25, 0.3) is 0 Å². The Morgan fingerprint density at radius 3 is 3.00 bits per heavy atom. The molecule has 0 spiro atoms. The fourth-order valence-electron chi connectivity index (χ4n) is 2.24. The molecule has 2 rings (SSSR count). The van der Waals surface area contributed by atoms with Crippen molar-refractivity contribution in [3.8, 4) is 0 Å². The summed E-state index contributed by atoms with van der Waals surface area (Å²) in [6.45, 7) is 2.15. The van der Waals surface area contributed by atoms with Crippen molar-refractivity contribution in [3.05, 3.63) is 35.6 Å². The van der Waals surface area contributed by atoms with Crippen LogP contribution in [0.2, 0.25) is 0 Å². The van der Waals surface area contributed by atoms with E-state index >= 15 is 0 Å². The first-order chi connectivity index (χ1) is 7.36. The molecule has 0 aromatic heterocycles. The molecule has 1 atom stereocenters. The van der Waals surface area contributed by atoms with Crippen molar-refractivity contribution < 1.29 is 4.39 Å². The second-order valence-electron chi connectivity index (χ2n) is 4.36. The van der Waals surface area contributed by atoms with Crippen LogP contribution in [0.5, 0.6) is 0 Å². The van der Waals surface area contributed by atoms with E-state index in [-0.39, 0.29) is 5.82 Å². The summed E-state index contributed by atoms with van der Waals surface area (Å²) in [7, 11) is 0. The lowest BCUT2D eigenvalue weighted by Crippen LogP contribution is -2.22. The van der Waals surface area contributed by atoms with Gasteiger partial charge in [-0.05, 0) is 49.9 Å². The van der Waals surface area contributed by atoms with Crippen LogP contribution in [-0.4, -0.2) is 13.1 Å². The number of rotatable bonds is 2. The second kappa shape index (κ2) is 5.26. The summed E-state index contributed by atoms with van der Waals surface area (Å²) in [6.07, 6.45) is 4.63. The van der Waals surface area contributed by atoms with Gasteiger partial charge >= 0.3 is 0 Å². The number of hydrogen-bond acceptors (Lipinski definition) is 1. The third kappa shape index (κ3) is 3.03. The highest BCUT2D eigenvalue weighted by Crippen LogP contribution is 2.18. The van der Waals surface area contributed by atoms with E-state index in [1.807, 2.05) is 12.1 Å². The van der Waals surface area contributed by atoms with E-state index in [1.165, 1.54) is 19.3 Å². The Balaban J connectivity index is 1.98. The Labute approximate surface area is 90.7 Å². The standard InChI is InChI=1S/C13H18FN/c14-13-7-2-1-6-12(13)9-11-5-3-4-8-15-10-11/h1-2,6-7,11,15H,3-5,8-10H2. The van der Waals surface area contributed by atoms with E-state index < -0.39 is 0 Å². The van der Waals surface area contributed by atoms with Crippen LogP contribution < -0.4 is 5.32 Å². The molecule has 1 saturated heterocycles. The summed E-state index contributed by atoms with van der Waals surface area (Å²) < 4.78 is 13.4. The van der Waals surface area contributed by atoms with E-state index in [0.29, 0.717) is 5.92 Å².